The van der Waals surface area contributed by atoms with E-state index in [-0.39, 0.29) is 5.91 Å². The molecule has 0 aliphatic carbocycles. The van der Waals surface area contributed by atoms with Crippen molar-refractivity contribution in [3.05, 3.63) is 52.5 Å². The predicted molar refractivity (Wildman–Crippen MR) is 99.9 cm³/mol. The minimum absolute atomic E-state index is 0.0594. The van der Waals surface area contributed by atoms with Crippen molar-refractivity contribution in [2.45, 2.75) is 18.2 Å². The maximum absolute atomic E-state index is 12.1. The van der Waals surface area contributed by atoms with Crippen LogP contribution in [0.15, 0.2) is 40.7 Å². The van der Waals surface area contributed by atoms with Crippen molar-refractivity contribution in [2.24, 2.45) is 0 Å². The van der Waals surface area contributed by atoms with E-state index in [0.29, 0.717) is 10.8 Å². The third-order valence-electron chi connectivity index (χ3n) is 3.39. The standard InChI is InChI=1S/C17H15ClN2OS2/c1-10-6-7-14-15(8-10)23-17(20-14)22-9-16(21)19-13-5-3-4-12(18)11(13)2/h3-8H,9H2,1-2H3,(H,19,21). The van der Waals surface area contributed by atoms with E-state index in [0.717, 1.165) is 25.8 Å². The van der Waals surface area contributed by atoms with Gasteiger partial charge in [-0.1, -0.05) is 35.5 Å². The molecule has 0 aliphatic rings. The molecule has 3 nitrogen and oxygen atoms in total. The molecule has 0 aliphatic heterocycles. The molecule has 3 rings (SSSR count). The van der Waals surface area contributed by atoms with Crippen LogP contribution in [0.25, 0.3) is 10.2 Å². The number of benzene rings is 2. The highest BCUT2D eigenvalue weighted by Crippen LogP contribution is 2.30. The number of fused-ring (bicyclic) bond motifs is 1. The van der Waals surface area contributed by atoms with Gasteiger partial charge in [0.1, 0.15) is 0 Å². The summed E-state index contributed by atoms with van der Waals surface area (Å²) in [5, 5.41) is 3.55. The Hall–Kier alpha value is -1.56. The average molecular weight is 363 g/mol. The van der Waals surface area contributed by atoms with Crippen molar-refractivity contribution in [3.63, 3.8) is 0 Å². The first kappa shape index (κ1) is 16.3. The molecular weight excluding hydrogens is 348 g/mol. The number of hydrogen-bond donors (Lipinski definition) is 1. The zero-order chi connectivity index (χ0) is 16.4. The van der Waals surface area contributed by atoms with Crippen molar-refractivity contribution < 1.29 is 4.79 Å². The Labute approximate surface area is 148 Å². The van der Waals surface area contributed by atoms with E-state index in [1.807, 2.05) is 37.3 Å². The molecule has 0 bridgehead atoms. The van der Waals surface area contributed by atoms with Gasteiger partial charge in [0.2, 0.25) is 5.91 Å². The Morgan fingerprint density at radius 2 is 2.13 bits per heavy atom. The number of nitrogens with zero attached hydrogens (tertiary/aromatic N) is 1. The summed E-state index contributed by atoms with van der Waals surface area (Å²) >= 11 is 9.13. The summed E-state index contributed by atoms with van der Waals surface area (Å²) in [4.78, 5) is 16.7. The number of rotatable bonds is 4. The van der Waals surface area contributed by atoms with Crippen LogP contribution in [-0.4, -0.2) is 16.6 Å². The molecule has 0 unspecified atom stereocenters. The first-order valence-electron chi connectivity index (χ1n) is 7.08. The van der Waals surface area contributed by atoms with Crippen LogP contribution in [0.3, 0.4) is 0 Å². The van der Waals surface area contributed by atoms with Crippen molar-refractivity contribution in [1.29, 1.82) is 0 Å². The van der Waals surface area contributed by atoms with Crippen molar-refractivity contribution in [2.75, 3.05) is 11.1 Å². The molecule has 3 aromatic rings. The molecule has 0 saturated heterocycles. The smallest absolute Gasteiger partial charge is 0.234 e. The van der Waals surface area contributed by atoms with Gasteiger partial charge in [0.05, 0.1) is 16.0 Å². The number of thiazole rings is 1. The number of amides is 1. The van der Waals surface area contributed by atoms with Gasteiger partial charge >= 0.3 is 0 Å². The second-order valence-electron chi connectivity index (χ2n) is 5.20. The highest BCUT2D eigenvalue weighted by Gasteiger charge is 2.10. The third-order valence-corrected chi connectivity index (χ3v) is 5.96. The minimum atomic E-state index is -0.0594. The zero-order valence-electron chi connectivity index (χ0n) is 12.7. The van der Waals surface area contributed by atoms with E-state index >= 15 is 0 Å². The lowest BCUT2D eigenvalue weighted by Crippen LogP contribution is -2.14. The number of aromatic nitrogens is 1. The number of halogens is 1. The molecule has 6 heteroatoms. The molecule has 118 valence electrons. The van der Waals surface area contributed by atoms with Crippen LogP contribution in [0.4, 0.5) is 5.69 Å². The number of aryl methyl sites for hydroxylation is 1. The Morgan fingerprint density at radius 3 is 2.96 bits per heavy atom. The van der Waals surface area contributed by atoms with Gasteiger partial charge in [0, 0.05) is 10.7 Å². The molecule has 1 N–H and O–H groups in total. The topological polar surface area (TPSA) is 42.0 Å². The van der Waals surface area contributed by atoms with Crippen molar-refractivity contribution in [3.8, 4) is 0 Å². The molecule has 0 atom stereocenters. The normalized spacial score (nSPS) is 10.9. The van der Waals surface area contributed by atoms with Crippen LogP contribution in [0.1, 0.15) is 11.1 Å². The fourth-order valence-electron chi connectivity index (χ4n) is 2.13. The van der Waals surface area contributed by atoms with Crippen molar-refractivity contribution >= 4 is 56.5 Å². The number of anilines is 1. The van der Waals surface area contributed by atoms with Gasteiger partial charge in [-0.25, -0.2) is 4.98 Å². The van der Waals surface area contributed by atoms with Gasteiger partial charge in [0.25, 0.3) is 0 Å². The Morgan fingerprint density at radius 1 is 1.30 bits per heavy atom. The predicted octanol–water partition coefficient (Wildman–Crippen LogP) is 5.30. The van der Waals surface area contributed by atoms with E-state index in [9.17, 15) is 4.79 Å². The summed E-state index contributed by atoms with van der Waals surface area (Å²) in [5.74, 6) is 0.265. The van der Waals surface area contributed by atoms with Gasteiger partial charge in [-0.15, -0.1) is 11.3 Å². The maximum atomic E-state index is 12.1. The quantitative estimate of drug-likeness (QED) is 0.640. The minimum Gasteiger partial charge on any atom is -0.325 e. The first-order chi connectivity index (χ1) is 11.0. The Balaban J connectivity index is 1.65. The number of nitrogens with one attached hydrogen (secondary N) is 1. The lowest BCUT2D eigenvalue weighted by Gasteiger charge is -2.08. The van der Waals surface area contributed by atoms with Crippen molar-refractivity contribution in [1.82, 2.24) is 4.98 Å². The van der Waals surface area contributed by atoms with Gasteiger partial charge < -0.3 is 5.32 Å². The summed E-state index contributed by atoms with van der Waals surface area (Å²) in [6.45, 7) is 3.95. The molecule has 0 saturated carbocycles. The molecule has 1 aromatic heterocycles. The fourth-order valence-corrected chi connectivity index (χ4v) is 4.27. The third kappa shape index (κ3) is 3.86. The number of thioether (sulfide) groups is 1. The second kappa shape index (κ2) is 6.91. The van der Waals surface area contributed by atoms with Crippen LogP contribution in [0, 0.1) is 13.8 Å². The molecule has 0 radical (unpaired) electrons. The number of carbonyl (C=O) groups excluding carboxylic acids is 1. The van der Waals surface area contributed by atoms with Gasteiger partial charge in [-0.3, -0.25) is 4.79 Å². The summed E-state index contributed by atoms with van der Waals surface area (Å²) in [6.07, 6.45) is 0. The molecule has 23 heavy (non-hydrogen) atoms. The molecular formula is C17H15ClN2OS2. The van der Waals surface area contributed by atoms with Crippen LogP contribution in [0.5, 0.6) is 0 Å². The summed E-state index contributed by atoms with van der Waals surface area (Å²) in [6, 6.07) is 11.7. The van der Waals surface area contributed by atoms with Crippen LogP contribution >= 0.6 is 34.7 Å². The van der Waals surface area contributed by atoms with Gasteiger partial charge in [-0.05, 0) is 49.2 Å². The fraction of sp³-hybridized carbons (Fsp3) is 0.176. The zero-order valence-corrected chi connectivity index (χ0v) is 15.1. The first-order valence-corrected chi connectivity index (χ1v) is 9.26. The van der Waals surface area contributed by atoms with Crippen LogP contribution < -0.4 is 5.32 Å². The Bertz CT molecular complexity index is 876. The second-order valence-corrected chi connectivity index (χ2v) is 7.86. The molecule has 0 spiro atoms. The monoisotopic (exact) mass is 362 g/mol. The van der Waals surface area contributed by atoms with Gasteiger partial charge in [0.15, 0.2) is 4.34 Å². The van der Waals surface area contributed by atoms with E-state index in [4.69, 9.17) is 11.6 Å². The van der Waals surface area contributed by atoms with Crippen LogP contribution in [0.2, 0.25) is 5.02 Å². The summed E-state index contributed by atoms with van der Waals surface area (Å²) < 4.78 is 2.06. The van der Waals surface area contributed by atoms with Crippen LogP contribution in [-0.2, 0) is 4.79 Å². The lowest BCUT2D eigenvalue weighted by atomic mass is 10.2. The molecule has 0 fully saturated rings. The Kier molecular flexibility index (Phi) is 4.90. The number of carbonyl (C=O) groups is 1. The summed E-state index contributed by atoms with van der Waals surface area (Å²) in [7, 11) is 0. The highest BCUT2D eigenvalue weighted by atomic mass is 35.5. The summed E-state index contributed by atoms with van der Waals surface area (Å²) in [5.41, 5.74) is 3.83. The molecule has 2 aromatic carbocycles. The lowest BCUT2D eigenvalue weighted by molar-refractivity contribution is -0.113. The van der Waals surface area contributed by atoms with E-state index < -0.39 is 0 Å². The largest absolute Gasteiger partial charge is 0.325 e. The molecule has 1 heterocycles. The van der Waals surface area contributed by atoms with E-state index in [1.165, 1.54) is 17.3 Å². The SMILES string of the molecule is Cc1ccc2nc(SCC(=O)Nc3cccc(Cl)c3C)sc2c1. The van der Waals surface area contributed by atoms with Gasteiger partial charge in [-0.2, -0.15) is 0 Å². The maximum Gasteiger partial charge on any atom is 0.234 e. The highest BCUT2D eigenvalue weighted by molar-refractivity contribution is 8.01. The number of hydrogen-bond acceptors (Lipinski definition) is 4. The molecule has 1 amide bonds. The van der Waals surface area contributed by atoms with E-state index in [1.54, 1.807) is 11.3 Å². The average Bonchev–Trinajstić information content (AvgIpc) is 2.92. The van der Waals surface area contributed by atoms with E-state index in [2.05, 4.69) is 23.3 Å².